The molecule has 1 N–H and O–H groups in total. The topological polar surface area (TPSA) is 59.2 Å². The van der Waals surface area contributed by atoms with Crippen LogP contribution in [0.5, 0.6) is 11.5 Å². The summed E-state index contributed by atoms with van der Waals surface area (Å²) in [6, 6.07) is 9.19. The Kier molecular flexibility index (Phi) is 4.47. The summed E-state index contributed by atoms with van der Waals surface area (Å²) in [4.78, 5) is 3.15. The van der Waals surface area contributed by atoms with Gasteiger partial charge in [0.2, 0.25) is 0 Å². The SMILES string of the molecule is CCS(=O)(=O)c1ccc(Oc2c(C)[nH]c3ccc(C(F)(F)F)cc23)cc1. The number of nitrogens with one attached hydrogen (secondary N) is 1. The van der Waals surface area contributed by atoms with Crippen LogP contribution in [0, 0.1) is 6.92 Å². The summed E-state index contributed by atoms with van der Waals surface area (Å²) in [5.74, 6) is 0.591. The minimum atomic E-state index is -4.45. The Labute approximate surface area is 148 Å². The van der Waals surface area contributed by atoms with Crippen LogP contribution in [-0.2, 0) is 16.0 Å². The highest BCUT2D eigenvalue weighted by molar-refractivity contribution is 7.91. The van der Waals surface area contributed by atoms with Crippen molar-refractivity contribution in [1.29, 1.82) is 0 Å². The van der Waals surface area contributed by atoms with Gasteiger partial charge in [-0.05, 0) is 49.4 Å². The number of aryl methyl sites for hydroxylation is 1. The summed E-state index contributed by atoms with van der Waals surface area (Å²) in [5, 5.41) is 0.308. The van der Waals surface area contributed by atoms with Crippen molar-refractivity contribution in [2.24, 2.45) is 0 Å². The highest BCUT2D eigenvalue weighted by Crippen LogP contribution is 2.38. The zero-order valence-corrected chi connectivity index (χ0v) is 14.8. The average molecular weight is 383 g/mol. The molecule has 1 aromatic heterocycles. The van der Waals surface area contributed by atoms with Crippen LogP contribution < -0.4 is 4.74 Å². The molecule has 1 heterocycles. The van der Waals surface area contributed by atoms with E-state index < -0.39 is 21.6 Å². The van der Waals surface area contributed by atoms with Crippen LogP contribution in [-0.4, -0.2) is 19.2 Å². The molecular weight excluding hydrogens is 367 g/mol. The number of alkyl halides is 3. The molecule has 138 valence electrons. The molecule has 0 aliphatic rings. The van der Waals surface area contributed by atoms with Gasteiger partial charge in [-0.25, -0.2) is 8.42 Å². The Hall–Kier alpha value is -2.48. The van der Waals surface area contributed by atoms with E-state index in [0.717, 1.165) is 12.1 Å². The first-order valence-electron chi connectivity index (χ1n) is 7.82. The molecule has 0 unspecified atom stereocenters. The van der Waals surface area contributed by atoms with Gasteiger partial charge in [-0.2, -0.15) is 13.2 Å². The molecule has 8 heteroatoms. The fraction of sp³-hybridized carbons (Fsp3) is 0.222. The summed E-state index contributed by atoms with van der Waals surface area (Å²) >= 11 is 0. The third-order valence-electron chi connectivity index (χ3n) is 4.04. The standard InChI is InChI=1S/C18H16F3NO3S/c1-3-26(23,24)14-7-5-13(6-8-14)25-17-11(2)22-16-9-4-12(10-15(16)17)18(19,20)21/h4-10,22H,3H2,1-2H3. The Balaban J connectivity index is 1.99. The van der Waals surface area contributed by atoms with Crippen LogP contribution in [0.2, 0.25) is 0 Å². The molecule has 0 aliphatic carbocycles. The van der Waals surface area contributed by atoms with Gasteiger partial charge in [-0.1, -0.05) is 6.92 Å². The van der Waals surface area contributed by atoms with Crippen molar-refractivity contribution in [2.45, 2.75) is 24.9 Å². The highest BCUT2D eigenvalue weighted by atomic mass is 32.2. The number of H-pyrrole nitrogens is 1. The van der Waals surface area contributed by atoms with Crippen molar-refractivity contribution in [3.05, 3.63) is 53.7 Å². The maximum atomic E-state index is 13.0. The normalized spacial score (nSPS) is 12.5. The second-order valence-corrected chi connectivity index (χ2v) is 8.09. The molecule has 0 amide bonds. The molecule has 4 nitrogen and oxygen atoms in total. The third kappa shape index (κ3) is 3.41. The lowest BCUT2D eigenvalue weighted by molar-refractivity contribution is -0.137. The smallest absolute Gasteiger partial charge is 0.416 e. The lowest BCUT2D eigenvalue weighted by Gasteiger charge is -2.09. The van der Waals surface area contributed by atoms with Gasteiger partial charge in [0.15, 0.2) is 15.6 Å². The molecule has 3 aromatic rings. The van der Waals surface area contributed by atoms with Gasteiger partial charge in [-0.15, -0.1) is 0 Å². The van der Waals surface area contributed by atoms with Crippen LogP contribution in [0.3, 0.4) is 0 Å². The number of halogens is 3. The first-order valence-corrected chi connectivity index (χ1v) is 9.47. The number of hydrogen-bond acceptors (Lipinski definition) is 3. The van der Waals surface area contributed by atoms with Gasteiger partial charge in [0, 0.05) is 10.9 Å². The third-order valence-corrected chi connectivity index (χ3v) is 5.79. The van der Waals surface area contributed by atoms with Gasteiger partial charge < -0.3 is 9.72 Å². The molecule has 0 saturated heterocycles. The second kappa shape index (κ2) is 6.35. The maximum Gasteiger partial charge on any atom is 0.416 e. The van der Waals surface area contributed by atoms with Gasteiger partial charge in [0.05, 0.1) is 21.9 Å². The van der Waals surface area contributed by atoms with Gasteiger partial charge >= 0.3 is 6.18 Å². The van der Waals surface area contributed by atoms with Crippen molar-refractivity contribution in [2.75, 3.05) is 5.75 Å². The summed E-state index contributed by atoms with van der Waals surface area (Å²) in [6.07, 6.45) is -4.45. The van der Waals surface area contributed by atoms with E-state index in [1.807, 2.05) is 0 Å². The summed E-state index contributed by atoms with van der Waals surface area (Å²) in [6.45, 7) is 3.24. The molecular formula is C18H16F3NO3S. The molecule has 2 aromatic carbocycles. The van der Waals surface area contributed by atoms with Crippen LogP contribution in [0.4, 0.5) is 13.2 Å². The molecule has 0 radical (unpaired) electrons. The lowest BCUT2D eigenvalue weighted by Crippen LogP contribution is -2.04. The number of sulfone groups is 1. The molecule has 0 saturated carbocycles. The van der Waals surface area contributed by atoms with Gasteiger partial charge in [-0.3, -0.25) is 0 Å². The van der Waals surface area contributed by atoms with E-state index in [1.165, 1.54) is 30.3 Å². The van der Waals surface area contributed by atoms with E-state index >= 15 is 0 Å². The van der Waals surface area contributed by atoms with Gasteiger partial charge in [0.1, 0.15) is 5.75 Å². The monoisotopic (exact) mass is 383 g/mol. The Morgan fingerprint density at radius 1 is 1.08 bits per heavy atom. The largest absolute Gasteiger partial charge is 0.455 e. The van der Waals surface area contributed by atoms with Crippen molar-refractivity contribution in [3.8, 4) is 11.5 Å². The molecule has 0 spiro atoms. The molecule has 26 heavy (non-hydrogen) atoms. The minimum absolute atomic E-state index is 0.0189. The molecule has 0 aliphatic heterocycles. The highest BCUT2D eigenvalue weighted by Gasteiger charge is 2.31. The van der Waals surface area contributed by atoms with E-state index in [9.17, 15) is 21.6 Å². The van der Waals surface area contributed by atoms with Crippen LogP contribution in [0.1, 0.15) is 18.2 Å². The molecule has 0 fully saturated rings. The van der Waals surface area contributed by atoms with Crippen molar-refractivity contribution in [1.82, 2.24) is 4.98 Å². The van der Waals surface area contributed by atoms with E-state index in [0.29, 0.717) is 22.3 Å². The number of aromatic nitrogens is 1. The van der Waals surface area contributed by atoms with Crippen LogP contribution in [0.15, 0.2) is 47.4 Å². The number of aromatic amines is 1. The maximum absolute atomic E-state index is 13.0. The number of fused-ring (bicyclic) bond motifs is 1. The fourth-order valence-corrected chi connectivity index (χ4v) is 3.49. The predicted molar refractivity (Wildman–Crippen MR) is 92.3 cm³/mol. The van der Waals surface area contributed by atoms with E-state index in [1.54, 1.807) is 13.8 Å². The number of hydrogen-bond donors (Lipinski definition) is 1. The minimum Gasteiger partial charge on any atom is -0.455 e. The van der Waals surface area contributed by atoms with Crippen molar-refractivity contribution < 1.29 is 26.3 Å². The lowest BCUT2D eigenvalue weighted by atomic mass is 10.1. The van der Waals surface area contributed by atoms with E-state index in [2.05, 4.69) is 4.98 Å². The first kappa shape index (κ1) is 18.3. The number of benzene rings is 2. The van der Waals surface area contributed by atoms with Crippen LogP contribution >= 0.6 is 0 Å². The van der Waals surface area contributed by atoms with Crippen molar-refractivity contribution in [3.63, 3.8) is 0 Å². The predicted octanol–water partition coefficient (Wildman–Crippen LogP) is 5.08. The zero-order valence-electron chi connectivity index (χ0n) is 14.0. The zero-order chi connectivity index (χ0) is 19.1. The van der Waals surface area contributed by atoms with Crippen molar-refractivity contribution >= 4 is 20.7 Å². The Morgan fingerprint density at radius 2 is 1.73 bits per heavy atom. The molecule has 0 atom stereocenters. The van der Waals surface area contributed by atoms with E-state index in [-0.39, 0.29) is 16.4 Å². The number of ether oxygens (including phenoxy) is 1. The Morgan fingerprint density at radius 3 is 2.31 bits per heavy atom. The average Bonchev–Trinajstić information content (AvgIpc) is 2.89. The fourth-order valence-electron chi connectivity index (χ4n) is 2.61. The summed E-state index contributed by atoms with van der Waals surface area (Å²) in [5.41, 5.74) is 0.332. The quantitative estimate of drug-likeness (QED) is 0.683. The summed E-state index contributed by atoms with van der Waals surface area (Å²) in [7, 11) is -3.33. The number of rotatable bonds is 4. The van der Waals surface area contributed by atoms with Crippen LogP contribution in [0.25, 0.3) is 10.9 Å². The second-order valence-electron chi connectivity index (χ2n) is 5.81. The Bertz CT molecular complexity index is 1050. The molecule has 0 bridgehead atoms. The molecule has 3 rings (SSSR count). The first-order chi connectivity index (χ1) is 12.1. The van der Waals surface area contributed by atoms with Gasteiger partial charge in [0.25, 0.3) is 0 Å². The summed E-state index contributed by atoms with van der Waals surface area (Å²) < 4.78 is 68.3. The van der Waals surface area contributed by atoms with E-state index in [4.69, 9.17) is 4.74 Å².